The van der Waals surface area contributed by atoms with Gasteiger partial charge in [-0.15, -0.1) is 11.3 Å². The van der Waals surface area contributed by atoms with Crippen molar-refractivity contribution in [2.24, 2.45) is 23.7 Å². The highest BCUT2D eigenvalue weighted by Gasteiger charge is 2.70. The maximum absolute atomic E-state index is 15.3. The first-order valence-electron chi connectivity index (χ1n) is 16.3. The van der Waals surface area contributed by atoms with E-state index in [4.69, 9.17) is 39.5 Å². The van der Waals surface area contributed by atoms with Gasteiger partial charge >= 0.3 is 0 Å². The van der Waals surface area contributed by atoms with Crippen molar-refractivity contribution in [3.8, 4) is 11.5 Å². The number of nitrogens with one attached hydrogen (secondary N) is 1. The quantitative estimate of drug-likeness (QED) is 0.147. The van der Waals surface area contributed by atoms with Gasteiger partial charge in [-0.05, 0) is 83.8 Å². The molecule has 1 aromatic heterocycles. The Kier molecular flexibility index (Phi) is 8.41. The molecule has 0 spiro atoms. The zero-order chi connectivity index (χ0) is 35.8. The van der Waals surface area contributed by atoms with Crippen LogP contribution in [0.4, 0.5) is 5.69 Å². The van der Waals surface area contributed by atoms with Gasteiger partial charge in [-0.1, -0.05) is 70.7 Å². The third kappa shape index (κ3) is 5.17. The number of nitrogens with zero attached hydrogens (tertiary/aromatic N) is 2. The number of phenolic OH excluding ortho intramolecular Hbond substituents is 1. The Labute approximate surface area is 312 Å². The third-order valence-electron chi connectivity index (χ3n) is 10.9. The highest BCUT2D eigenvalue weighted by Crippen LogP contribution is 2.65. The topological polar surface area (TPSA) is 116 Å². The normalized spacial score (nSPS) is 26.9. The molecule has 2 saturated heterocycles. The summed E-state index contributed by atoms with van der Waals surface area (Å²) >= 11 is 21.1. The number of ether oxygens (including phenoxy) is 1. The molecule has 3 fully saturated rings. The van der Waals surface area contributed by atoms with Gasteiger partial charge in [0.1, 0.15) is 11.5 Å². The number of anilines is 1. The van der Waals surface area contributed by atoms with Crippen LogP contribution in [0.3, 0.4) is 0 Å². The number of benzene rings is 3. The molecule has 260 valence electrons. The van der Waals surface area contributed by atoms with Crippen LogP contribution in [0.5, 0.6) is 11.5 Å². The number of amides is 4. The smallest absolute Gasteiger partial charge is 0.260 e. The van der Waals surface area contributed by atoms with E-state index in [1.54, 1.807) is 42.5 Å². The molecule has 0 bridgehead atoms. The largest absolute Gasteiger partial charge is 0.508 e. The lowest BCUT2D eigenvalue weighted by Gasteiger charge is -2.50. The van der Waals surface area contributed by atoms with E-state index >= 15 is 4.79 Å². The maximum atomic E-state index is 15.3. The van der Waals surface area contributed by atoms with Crippen LogP contribution in [0.15, 0.2) is 89.8 Å². The standard InChI is InChI=1S/C38H30Cl3N3O6S/c1-50-22-8-4-19(5-9-22)38-28(35(47)44(37(38)49)42-31-13-6-20(39)15-30(31)41)17-27-24(33(38)25-10-7-21(45)16-29(25)40)11-12-26-32(27)36(48)43(34(26)46)18-23-3-2-14-51-23/h2-11,13-16,26-28,32-33,42,45H,12,17-18H2,1H3. The van der Waals surface area contributed by atoms with Crippen molar-refractivity contribution in [2.75, 3.05) is 12.5 Å². The number of allylic oxidation sites excluding steroid dienone is 2. The van der Waals surface area contributed by atoms with Crippen molar-refractivity contribution in [1.29, 1.82) is 0 Å². The lowest BCUT2D eigenvalue weighted by atomic mass is 9.49. The second kappa shape index (κ2) is 12.7. The minimum atomic E-state index is -1.56. The monoisotopic (exact) mass is 761 g/mol. The second-order valence-electron chi connectivity index (χ2n) is 13.3. The van der Waals surface area contributed by atoms with Gasteiger partial charge in [0.2, 0.25) is 11.8 Å². The number of carbonyl (C=O) groups excluding carboxylic acids is 4. The van der Waals surface area contributed by atoms with E-state index in [0.717, 1.165) is 15.5 Å². The number of likely N-dealkylation sites (tertiary alicyclic amines) is 1. The number of imide groups is 2. The minimum Gasteiger partial charge on any atom is -0.508 e. The first kappa shape index (κ1) is 33.8. The fourth-order valence-electron chi connectivity index (χ4n) is 8.72. The molecule has 51 heavy (non-hydrogen) atoms. The van der Waals surface area contributed by atoms with Gasteiger partial charge < -0.3 is 9.84 Å². The van der Waals surface area contributed by atoms with Crippen molar-refractivity contribution >= 4 is 75.5 Å². The van der Waals surface area contributed by atoms with E-state index in [1.165, 1.54) is 41.5 Å². The fourth-order valence-corrected chi connectivity index (χ4v) is 10.1. The average Bonchev–Trinajstić information content (AvgIpc) is 3.78. The molecule has 13 heteroatoms. The van der Waals surface area contributed by atoms with Crippen LogP contribution in [-0.2, 0) is 31.1 Å². The van der Waals surface area contributed by atoms with Gasteiger partial charge in [-0.2, -0.15) is 5.01 Å². The number of aromatic hydroxyl groups is 1. The van der Waals surface area contributed by atoms with Crippen LogP contribution in [0.2, 0.25) is 15.1 Å². The van der Waals surface area contributed by atoms with E-state index in [0.29, 0.717) is 27.6 Å². The molecule has 8 rings (SSSR count). The summed E-state index contributed by atoms with van der Waals surface area (Å²) in [5.74, 6) is -4.87. The van der Waals surface area contributed by atoms with Gasteiger partial charge in [0.05, 0.1) is 47.5 Å². The Balaban J connectivity index is 1.32. The highest BCUT2D eigenvalue weighted by molar-refractivity contribution is 7.09. The first-order chi connectivity index (χ1) is 24.5. The fraction of sp³-hybridized carbons (Fsp3) is 0.263. The van der Waals surface area contributed by atoms with Gasteiger partial charge in [0.15, 0.2) is 0 Å². The van der Waals surface area contributed by atoms with Crippen molar-refractivity contribution < 1.29 is 29.0 Å². The van der Waals surface area contributed by atoms with Gasteiger partial charge in [0.25, 0.3) is 11.8 Å². The number of thiophene rings is 1. The summed E-state index contributed by atoms with van der Waals surface area (Å²) in [6.07, 6.45) is 2.36. The Morgan fingerprint density at radius 3 is 2.39 bits per heavy atom. The van der Waals surface area contributed by atoms with E-state index in [-0.39, 0.29) is 47.0 Å². The van der Waals surface area contributed by atoms with Crippen molar-refractivity contribution in [3.63, 3.8) is 0 Å². The predicted molar refractivity (Wildman–Crippen MR) is 194 cm³/mol. The van der Waals surface area contributed by atoms with Crippen LogP contribution in [0.1, 0.15) is 34.8 Å². The third-order valence-corrected chi connectivity index (χ3v) is 12.6. The van der Waals surface area contributed by atoms with E-state index in [1.807, 2.05) is 23.6 Å². The molecule has 3 heterocycles. The van der Waals surface area contributed by atoms with Gasteiger partial charge in [-0.25, -0.2) is 0 Å². The molecule has 1 saturated carbocycles. The Hall–Kier alpha value is -4.35. The molecule has 2 aliphatic heterocycles. The molecule has 9 nitrogen and oxygen atoms in total. The molecule has 0 radical (unpaired) electrons. The number of hydrogen-bond acceptors (Lipinski definition) is 8. The Morgan fingerprint density at radius 1 is 0.922 bits per heavy atom. The molecule has 4 amide bonds. The summed E-state index contributed by atoms with van der Waals surface area (Å²) in [6, 6.07) is 20.0. The van der Waals surface area contributed by atoms with Gasteiger partial charge in [0, 0.05) is 20.8 Å². The van der Waals surface area contributed by atoms with Crippen LogP contribution < -0.4 is 10.2 Å². The summed E-state index contributed by atoms with van der Waals surface area (Å²) in [6.45, 7) is 0.174. The molecule has 2 aliphatic carbocycles. The SMILES string of the molecule is COc1ccc(C23C(=O)N(Nc4ccc(Cl)cc4Cl)C(=O)C2CC2C(=CCC4C(=O)N(Cc5cccs5)C(=O)C42)C3c2ccc(O)cc2Cl)cc1. The number of phenols is 1. The number of carbonyl (C=O) groups is 4. The van der Waals surface area contributed by atoms with E-state index in [2.05, 4.69) is 5.43 Å². The van der Waals surface area contributed by atoms with Crippen LogP contribution in [-0.4, -0.2) is 45.8 Å². The molecular weight excluding hydrogens is 733 g/mol. The highest BCUT2D eigenvalue weighted by atomic mass is 35.5. The molecule has 3 aromatic carbocycles. The van der Waals surface area contributed by atoms with Crippen molar-refractivity contribution in [3.05, 3.63) is 121 Å². The number of fused-ring (bicyclic) bond motifs is 4. The van der Waals surface area contributed by atoms with E-state index in [9.17, 15) is 19.5 Å². The van der Waals surface area contributed by atoms with Crippen LogP contribution in [0.25, 0.3) is 0 Å². The van der Waals surface area contributed by atoms with E-state index < -0.39 is 46.8 Å². The predicted octanol–water partition coefficient (Wildman–Crippen LogP) is 7.61. The molecular formula is C38H30Cl3N3O6S. The summed E-state index contributed by atoms with van der Waals surface area (Å²) < 4.78 is 5.45. The average molecular weight is 763 g/mol. The zero-order valence-electron chi connectivity index (χ0n) is 27.0. The molecule has 6 atom stereocenters. The number of hydrogen-bond donors (Lipinski definition) is 2. The lowest BCUT2D eigenvalue weighted by Crippen LogP contribution is -2.53. The lowest BCUT2D eigenvalue weighted by molar-refractivity contribution is -0.141. The molecule has 4 aliphatic rings. The number of rotatable bonds is 7. The zero-order valence-corrected chi connectivity index (χ0v) is 30.1. The van der Waals surface area contributed by atoms with Crippen molar-refractivity contribution in [1.82, 2.24) is 9.91 Å². The van der Waals surface area contributed by atoms with Crippen LogP contribution >= 0.6 is 46.1 Å². The summed E-state index contributed by atoms with van der Waals surface area (Å²) in [7, 11) is 1.54. The number of halogens is 3. The van der Waals surface area contributed by atoms with Crippen molar-refractivity contribution in [2.45, 2.75) is 30.7 Å². The summed E-state index contributed by atoms with van der Waals surface area (Å²) in [4.78, 5) is 60.6. The Morgan fingerprint density at radius 2 is 1.71 bits per heavy atom. The first-order valence-corrected chi connectivity index (χ1v) is 18.4. The van der Waals surface area contributed by atoms with Crippen LogP contribution in [0, 0.1) is 23.7 Å². The minimum absolute atomic E-state index is 0.0703. The van der Waals surface area contributed by atoms with Gasteiger partial charge in [-0.3, -0.25) is 29.5 Å². The maximum Gasteiger partial charge on any atom is 0.260 e. The molecule has 4 aromatic rings. The number of hydrazine groups is 1. The Bertz CT molecular complexity index is 2140. The molecule has 2 N–H and O–H groups in total. The summed E-state index contributed by atoms with van der Waals surface area (Å²) in [5.41, 5.74) is 3.51. The second-order valence-corrected chi connectivity index (χ2v) is 15.5. The number of methoxy groups -OCH3 is 1. The summed E-state index contributed by atoms with van der Waals surface area (Å²) in [5, 5.41) is 14.1. The molecule has 6 unspecified atom stereocenters.